The zero-order valence-corrected chi connectivity index (χ0v) is 13.2. The fourth-order valence-electron chi connectivity index (χ4n) is 2.67. The van der Waals surface area contributed by atoms with Crippen molar-refractivity contribution in [1.29, 1.82) is 0 Å². The zero-order valence-electron chi connectivity index (χ0n) is 11.7. The number of benzene rings is 1. The first kappa shape index (κ1) is 15.8. The molecule has 0 aliphatic carbocycles. The molecule has 0 saturated carbocycles. The minimum atomic E-state index is -0.808. The van der Waals surface area contributed by atoms with Crippen LogP contribution >= 0.6 is 15.9 Å². The maximum atomic E-state index is 14.0. The fourth-order valence-corrected chi connectivity index (χ4v) is 3.09. The van der Waals surface area contributed by atoms with E-state index in [0.717, 1.165) is 12.8 Å². The molecule has 0 aromatic heterocycles. The van der Waals surface area contributed by atoms with Crippen LogP contribution in [0.3, 0.4) is 0 Å². The van der Waals surface area contributed by atoms with Gasteiger partial charge in [0.05, 0.1) is 17.2 Å². The molecule has 1 saturated heterocycles. The van der Waals surface area contributed by atoms with Crippen LogP contribution in [-0.4, -0.2) is 32.0 Å². The van der Waals surface area contributed by atoms with Gasteiger partial charge in [0.1, 0.15) is 5.82 Å². The van der Waals surface area contributed by atoms with Gasteiger partial charge in [0, 0.05) is 24.6 Å². The van der Waals surface area contributed by atoms with E-state index in [2.05, 4.69) is 21.2 Å². The number of hydrogen-bond acceptors (Lipinski definition) is 3. The summed E-state index contributed by atoms with van der Waals surface area (Å²) < 4.78 is 14.5. The van der Waals surface area contributed by atoms with Crippen molar-refractivity contribution in [2.75, 3.05) is 25.0 Å². The van der Waals surface area contributed by atoms with E-state index in [0.29, 0.717) is 23.2 Å². The van der Waals surface area contributed by atoms with Crippen molar-refractivity contribution in [1.82, 2.24) is 5.32 Å². The standard InChI is InChI=1S/C14H17BrFN3O2/c1-18-14(21)8-3-2-4-19(7-8)11-6-9(15)5-10(16)12(11)13(17)20/h5-6,8H,2-4,7H2,1H3,(H2,17,20)(H,18,21). The van der Waals surface area contributed by atoms with Crippen LogP contribution < -0.4 is 16.0 Å². The minimum Gasteiger partial charge on any atom is -0.370 e. The first-order valence-corrected chi connectivity index (χ1v) is 7.48. The molecular formula is C14H17BrFN3O2. The summed E-state index contributed by atoms with van der Waals surface area (Å²) in [5.74, 6) is -1.69. The largest absolute Gasteiger partial charge is 0.370 e. The Morgan fingerprint density at radius 3 is 2.81 bits per heavy atom. The Morgan fingerprint density at radius 2 is 2.19 bits per heavy atom. The monoisotopic (exact) mass is 357 g/mol. The molecule has 1 heterocycles. The zero-order chi connectivity index (χ0) is 15.6. The third-order valence-corrected chi connectivity index (χ3v) is 4.12. The lowest BCUT2D eigenvalue weighted by molar-refractivity contribution is -0.124. The molecule has 3 N–H and O–H groups in total. The van der Waals surface area contributed by atoms with Crippen LogP contribution in [0.25, 0.3) is 0 Å². The second-order valence-electron chi connectivity index (χ2n) is 5.05. The predicted octanol–water partition coefficient (Wildman–Crippen LogP) is 1.65. The molecule has 5 nitrogen and oxygen atoms in total. The first-order valence-electron chi connectivity index (χ1n) is 6.69. The van der Waals surface area contributed by atoms with Gasteiger partial charge in [0.15, 0.2) is 0 Å². The topological polar surface area (TPSA) is 75.4 Å². The Bertz CT molecular complexity index is 580. The van der Waals surface area contributed by atoms with Crippen molar-refractivity contribution in [2.24, 2.45) is 11.7 Å². The molecule has 1 unspecified atom stereocenters. The Morgan fingerprint density at radius 1 is 1.48 bits per heavy atom. The van der Waals surface area contributed by atoms with E-state index in [9.17, 15) is 14.0 Å². The summed E-state index contributed by atoms with van der Waals surface area (Å²) in [5.41, 5.74) is 5.60. The summed E-state index contributed by atoms with van der Waals surface area (Å²) in [6, 6.07) is 2.87. The number of amides is 2. The molecule has 1 atom stereocenters. The number of primary amides is 1. The lowest BCUT2D eigenvalue weighted by atomic mass is 9.96. The molecule has 2 rings (SSSR count). The number of carbonyl (C=O) groups is 2. The van der Waals surface area contributed by atoms with Gasteiger partial charge in [-0.15, -0.1) is 0 Å². The third-order valence-electron chi connectivity index (χ3n) is 3.66. The molecule has 1 aliphatic rings. The maximum absolute atomic E-state index is 14.0. The number of rotatable bonds is 3. The van der Waals surface area contributed by atoms with Crippen molar-refractivity contribution in [2.45, 2.75) is 12.8 Å². The highest BCUT2D eigenvalue weighted by atomic mass is 79.9. The van der Waals surface area contributed by atoms with Gasteiger partial charge in [-0.1, -0.05) is 15.9 Å². The van der Waals surface area contributed by atoms with Gasteiger partial charge in [-0.3, -0.25) is 9.59 Å². The number of anilines is 1. The van der Waals surface area contributed by atoms with Gasteiger partial charge in [0.2, 0.25) is 5.91 Å². The summed E-state index contributed by atoms with van der Waals surface area (Å²) >= 11 is 3.22. The molecule has 1 aliphatic heterocycles. The highest BCUT2D eigenvalue weighted by Crippen LogP contribution is 2.31. The number of hydrogen-bond donors (Lipinski definition) is 2. The van der Waals surface area contributed by atoms with Gasteiger partial charge >= 0.3 is 0 Å². The number of halogens is 2. The average molecular weight is 358 g/mol. The Kier molecular flexibility index (Phi) is 4.82. The summed E-state index contributed by atoms with van der Waals surface area (Å²) in [6.07, 6.45) is 1.57. The van der Waals surface area contributed by atoms with Crippen LogP contribution in [0.15, 0.2) is 16.6 Å². The van der Waals surface area contributed by atoms with E-state index < -0.39 is 11.7 Å². The highest BCUT2D eigenvalue weighted by Gasteiger charge is 2.28. The first-order chi connectivity index (χ1) is 9.93. The molecule has 1 fully saturated rings. The van der Waals surface area contributed by atoms with E-state index in [1.54, 1.807) is 13.1 Å². The Labute approximate surface area is 130 Å². The molecule has 0 spiro atoms. The van der Waals surface area contributed by atoms with E-state index in [1.165, 1.54) is 6.07 Å². The van der Waals surface area contributed by atoms with E-state index in [4.69, 9.17) is 5.73 Å². The SMILES string of the molecule is CNC(=O)C1CCCN(c2cc(Br)cc(F)c2C(N)=O)C1. The molecule has 1 aromatic carbocycles. The van der Waals surface area contributed by atoms with Crippen molar-refractivity contribution in [3.8, 4) is 0 Å². The summed E-state index contributed by atoms with van der Waals surface area (Å²) in [4.78, 5) is 25.2. The fraction of sp³-hybridized carbons (Fsp3) is 0.429. The number of nitrogens with two attached hydrogens (primary N) is 1. The third kappa shape index (κ3) is 3.34. The van der Waals surface area contributed by atoms with Crippen LogP contribution in [0.2, 0.25) is 0 Å². The van der Waals surface area contributed by atoms with Gasteiger partial charge in [0.25, 0.3) is 5.91 Å². The quantitative estimate of drug-likeness (QED) is 0.863. The van der Waals surface area contributed by atoms with E-state index in [1.807, 2.05) is 4.90 Å². The Hall–Kier alpha value is -1.63. The molecule has 1 aromatic rings. The van der Waals surface area contributed by atoms with E-state index >= 15 is 0 Å². The molecule has 0 radical (unpaired) electrons. The number of nitrogens with zero attached hydrogens (tertiary/aromatic N) is 1. The lowest BCUT2D eigenvalue weighted by Crippen LogP contribution is -2.43. The molecule has 21 heavy (non-hydrogen) atoms. The second kappa shape index (κ2) is 6.43. The predicted molar refractivity (Wildman–Crippen MR) is 81.6 cm³/mol. The molecule has 114 valence electrons. The minimum absolute atomic E-state index is 0.0456. The number of nitrogens with one attached hydrogen (secondary N) is 1. The second-order valence-corrected chi connectivity index (χ2v) is 5.96. The van der Waals surface area contributed by atoms with Crippen molar-refractivity contribution in [3.63, 3.8) is 0 Å². The Balaban J connectivity index is 2.37. The van der Waals surface area contributed by atoms with Crippen molar-refractivity contribution < 1.29 is 14.0 Å². The van der Waals surface area contributed by atoms with Crippen LogP contribution in [0, 0.1) is 11.7 Å². The van der Waals surface area contributed by atoms with Crippen LogP contribution in [0.5, 0.6) is 0 Å². The van der Waals surface area contributed by atoms with Gasteiger partial charge < -0.3 is 16.0 Å². The molecule has 2 amide bonds. The maximum Gasteiger partial charge on any atom is 0.253 e. The number of carbonyl (C=O) groups excluding carboxylic acids is 2. The van der Waals surface area contributed by atoms with Gasteiger partial charge in [-0.2, -0.15) is 0 Å². The normalized spacial score (nSPS) is 18.4. The average Bonchev–Trinajstić information content (AvgIpc) is 2.45. The smallest absolute Gasteiger partial charge is 0.253 e. The molecule has 7 heteroatoms. The van der Waals surface area contributed by atoms with Crippen LogP contribution in [0.1, 0.15) is 23.2 Å². The molecular weight excluding hydrogens is 341 g/mol. The highest BCUT2D eigenvalue weighted by molar-refractivity contribution is 9.10. The summed E-state index contributed by atoms with van der Waals surface area (Å²) in [7, 11) is 1.59. The summed E-state index contributed by atoms with van der Waals surface area (Å²) in [6.45, 7) is 1.10. The summed E-state index contributed by atoms with van der Waals surface area (Å²) in [5, 5.41) is 2.63. The van der Waals surface area contributed by atoms with Gasteiger partial charge in [-0.25, -0.2) is 4.39 Å². The van der Waals surface area contributed by atoms with Crippen molar-refractivity contribution in [3.05, 3.63) is 28.0 Å². The van der Waals surface area contributed by atoms with Crippen LogP contribution in [-0.2, 0) is 4.79 Å². The van der Waals surface area contributed by atoms with Crippen LogP contribution in [0.4, 0.5) is 10.1 Å². The number of piperidine rings is 1. The van der Waals surface area contributed by atoms with Crippen molar-refractivity contribution >= 4 is 33.4 Å². The molecule has 0 bridgehead atoms. The van der Waals surface area contributed by atoms with E-state index in [-0.39, 0.29) is 17.4 Å². The lowest BCUT2D eigenvalue weighted by Gasteiger charge is -2.34. The van der Waals surface area contributed by atoms with Gasteiger partial charge in [-0.05, 0) is 25.0 Å².